The molecule has 0 heterocycles. The highest BCUT2D eigenvalue weighted by Gasteiger charge is 2.43. The third-order valence-electron chi connectivity index (χ3n) is 4.17. The number of carboxylic acid groups (broad SMARTS) is 1. The van der Waals surface area contributed by atoms with Crippen LogP contribution in [0.15, 0.2) is 30.3 Å². The zero-order valence-corrected chi connectivity index (χ0v) is 11.8. The average Bonchev–Trinajstić information content (AvgIpc) is 2.40. The van der Waals surface area contributed by atoms with Crippen molar-refractivity contribution in [2.45, 2.75) is 32.6 Å². The summed E-state index contributed by atoms with van der Waals surface area (Å²) in [6, 6.07) is 9.99. The lowest BCUT2D eigenvalue weighted by molar-refractivity contribution is -0.141. The van der Waals surface area contributed by atoms with Gasteiger partial charge in [0.15, 0.2) is 0 Å². The maximum absolute atomic E-state index is 12.4. The van der Waals surface area contributed by atoms with Crippen molar-refractivity contribution >= 4 is 11.9 Å². The van der Waals surface area contributed by atoms with Gasteiger partial charge in [0, 0.05) is 6.54 Å². The predicted molar refractivity (Wildman–Crippen MR) is 76.2 cm³/mol. The maximum Gasteiger partial charge on any atom is 0.308 e. The van der Waals surface area contributed by atoms with Gasteiger partial charge in [-0.2, -0.15) is 0 Å². The van der Waals surface area contributed by atoms with Crippen LogP contribution in [0.5, 0.6) is 0 Å². The van der Waals surface area contributed by atoms with Crippen LogP contribution in [0.25, 0.3) is 0 Å². The summed E-state index contributed by atoms with van der Waals surface area (Å²) in [5.74, 6) is -1.43. The minimum atomic E-state index is -0.879. The van der Waals surface area contributed by atoms with Crippen molar-refractivity contribution < 1.29 is 14.7 Å². The summed E-state index contributed by atoms with van der Waals surface area (Å²) in [6.07, 6.45) is 3.57. The summed E-state index contributed by atoms with van der Waals surface area (Å²) in [6.45, 7) is 1.80. The largest absolute Gasteiger partial charge is 0.481 e. The fourth-order valence-corrected chi connectivity index (χ4v) is 2.59. The number of nitrogens with one attached hydrogen (secondary N) is 1. The Balaban J connectivity index is 1.96. The molecule has 0 aliphatic heterocycles. The Hall–Kier alpha value is -1.84. The minimum Gasteiger partial charge on any atom is -0.481 e. The van der Waals surface area contributed by atoms with E-state index < -0.39 is 11.9 Å². The Bertz CT molecular complexity index is 480. The first-order valence-corrected chi connectivity index (χ1v) is 7.08. The van der Waals surface area contributed by atoms with Gasteiger partial charge in [-0.05, 0) is 24.8 Å². The molecule has 2 N–H and O–H groups in total. The number of carbonyl (C=O) groups is 2. The molecule has 1 saturated carbocycles. The van der Waals surface area contributed by atoms with Crippen LogP contribution >= 0.6 is 0 Å². The van der Waals surface area contributed by atoms with E-state index in [0.29, 0.717) is 0 Å². The number of benzene rings is 1. The lowest BCUT2D eigenvalue weighted by Crippen LogP contribution is -2.48. The second-order valence-corrected chi connectivity index (χ2v) is 5.75. The highest BCUT2D eigenvalue weighted by Crippen LogP contribution is 2.43. The van der Waals surface area contributed by atoms with Crippen molar-refractivity contribution in [1.29, 1.82) is 0 Å². The van der Waals surface area contributed by atoms with Crippen LogP contribution in [0.3, 0.4) is 0 Å². The van der Waals surface area contributed by atoms with Crippen LogP contribution < -0.4 is 5.32 Å². The van der Waals surface area contributed by atoms with E-state index in [4.69, 9.17) is 5.11 Å². The fraction of sp³-hybridized carbons (Fsp3) is 0.500. The molecule has 4 nitrogen and oxygen atoms in total. The molecule has 1 aromatic rings. The molecule has 0 unspecified atom stereocenters. The Morgan fingerprint density at radius 2 is 1.95 bits per heavy atom. The molecule has 1 aromatic carbocycles. The lowest BCUT2D eigenvalue weighted by Gasteiger charge is -2.40. The second-order valence-electron chi connectivity index (χ2n) is 5.75. The summed E-state index contributed by atoms with van der Waals surface area (Å²) in [4.78, 5) is 23.2. The molecule has 4 heteroatoms. The molecule has 1 fully saturated rings. The lowest BCUT2D eigenvalue weighted by atomic mass is 9.64. The van der Waals surface area contributed by atoms with E-state index in [9.17, 15) is 9.59 Å². The highest BCUT2D eigenvalue weighted by atomic mass is 16.4. The van der Waals surface area contributed by atoms with Crippen LogP contribution in [0, 0.1) is 11.3 Å². The van der Waals surface area contributed by atoms with Gasteiger partial charge in [0.2, 0.25) is 5.91 Å². The van der Waals surface area contributed by atoms with E-state index in [-0.39, 0.29) is 17.9 Å². The molecule has 0 radical (unpaired) electrons. The summed E-state index contributed by atoms with van der Waals surface area (Å²) in [5, 5.41) is 11.7. The van der Waals surface area contributed by atoms with Crippen molar-refractivity contribution in [1.82, 2.24) is 5.32 Å². The molecule has 1 aliphatic carbocycles. The first kappa shape index (κ1) is 14.6. The number of carbonyl (C=O) groups excluding carboxylic acids is 1. The number of rotatable bonds is 6. The van der Waals surface area contributed by atoms with Gasteiger partial charge in [-0.25, -0.2) is 0 Å². The van der Waals surface area contributed by atoms with Crippen molar-refractivity contribution in [2.75, 3.05) is 6.54 Å². The second kappa shape index (κ2) is 6.07. The number of aliphatic carboxylic acids is 1. The van der Waals surface area contributed by atoms with E-state index >= 15 is 0 Å². The third kappa shape index (κ3) is 3.18. The van der Waals surface area contributed by atoms with Crippen molar-refractivity contribution in [2.24, 2.45) is 11.3 Å². The van der Waals surface area contributed by atoms with E-state index in [0.717, 1.165) is 31.2 Å². The third-order valence-corrected chi connectivity index (χ3v) is 4.17. The van der Waals surface area contributed by atoms with Gasteiger partial charge in [-0.3, -0.25) is 9.59 Å². The van der Waals surface area contributed by atoms with Gasteiger partial charge in [-0.1, -0.05) is 43.7 Å². The molecule has 1 amide bonds. The van der Waals surface area contributed by atoms with Crippen molar-refractivity contribution in [3.63, 3.8) is 0 Å². The van der Waals surface area contributed by atoms with E-state index in [1.807, 2.05) is 30.3 Å². The average molecular weight is 275 g/mol. The fourth-order valence-electron chi connectivity index (χ4n) is 2.59. The Kier molecular flexibility index (Phi) is 4.42. The van der Waals surface area contributed by atoms with Crippen LogP contribution in [-0.2, 0) is 16.0 Å². The molecule has 1 atom stereocenters. The van der Waals surface area contributed by atoms with E-state index in [2.05, 4.69) is 5.32 Å². The minimum absolute atomic E-state index is 0.000651. The summed E-state index contributed by atoms with van der Waals surface area (Å²) < 4.78 is 0. The van der Waals surface area contributed by atoms with Crippen molar-refractivity contribution in [3.05, 3.63) is 35.9 Å². The standard InChI is InChI=1S/C16H21NO3/c1-12(14(18)19)11-17-15(20)16(8-5-9-16)10-13-6-3-2-4-7-13/h2-4,6-7,12H,5,8-11H2,1H3,(H,17,20)(H,18,19)/t12-/m1/s1. The predicted octanol–water partition coefficient (Wildman–Crippen LogP) is 2.24. The van der Waals surface area contributed by atoms with Crippen LogP contribution in [0.4, 0.5) is 0 Å². The monoisotopic (exact) mass is 275 g/mol. The molecule has 0 aromatic heterocycles. The number of hydrogen-bond acceptors (Lipinski definition) is 2. The molecule has 0 spiro atoms. The van der Waals surface area contributed by atoms with E-state index in [1.54, 1.807) is 6.92 Å². The summed E-state index contributed by atoms with van der Waals surface area (Å²) in [7, 11) is 0. The van der Waals surface area contributed by atoms with E-state index in [1.165, 1.54) is 0 Å². The number of carboxylic acids is 1. The first-order valence-electron chi connectivity index (χ1n) is 7.08. The molecule has 20 heavy (non-hydrogen) atoms. The van der Waals surface area contributed by atoms with Crippen LogP contribution in [0.1, 0.15) is 31.7 Å². The number of hydrogen-bond donors (Lipinski definition) is 2. The Labute approximate surface area is 119 Å². The topological polar surface area (TPSA) is 66.4 Å². The first-order chi connectivity index (χ1) is 9.53. The molecular formula is C16H21NO3. The summed E-state index contributed by atoms with van der Waals surface area (Å²) in [5.41, 5.74) is 0.827. The normalized spacial score (nSPS) is 17.9. The quantitative estimate of drug-likeness (QED) is 0.836. The molecular weight excluding hydrogens is 254 g/mol. The highest BCUT2D eigenvalue weighted by molar-refractivity contribution is 5.84. The summed E-state index contributed by atoms with van der Waals surface area (Å²) >= 11 is 0. The zero-order valence-electron chi connectivity index (χ0n) is 11.8. The zero-order chi connectivity index (χ0) is 14.6. The molecule has 2 rings (SSSR count). The van der Waals surface area contributed by atoms with Gasteiger partial charge < -0.3 is 10.4 Å². The SMILES string of the molecule is C[C@H](CNC(=O)C1(Cc2ccccc2)CCC1)C(=O)O. The van der Waals surface area contributed by atoms with Gasteiger partial charge in [0.05, 0.1) is 11.3 Å². The molecule has 0 saturated heterocycles. The molecule has 0 bridgehead atoms. The molecule has 108 valence electrons. The van der Waals surface area contributed by atoms with Gasteiger partial charge in [0.1, 0.15) is 0 Å². The Morgan fingerprint density at radius 3 is 2.45 bits per heavy atom. The van der Waals surface area contributed by atoms with Gasteiger partial charge >= 0.3 is 5.97 Å². The molecule has 1 aliphatic rings. The van der Waals surface area contributed by atoms with Gasteiger partial charge in [0.25, 0.3) is 0 Å². The number of amides is 1. The van der Waals surface area contributed by atoms with Crippen molar-refractivity contribution in [3.8, 4) is 0 Å². The maximum atomic E-state index is 12.4. The van der Waals surface area contributed by atoms with Crippen LogP contribution in [-0.4, -0.2) is 23.5 Å². The Morgan fingerprint density at radius 1 is 1.30 bits per heavy atom. The van der Waals surface area contributed by atoms with Gasteiger partial charge in [-0.15, -0.1) is 0 Å². The smallest absolute Gasteiger partial charge is 0.308 e. The van der Waals surface area contributed by atoms with Crippen LogP contribution in [0.2, 0.25) is 0 Å².